The maximum Gasteiger partial charge on any atom is 0.124 e. The number of benzene rings is 1. The van der Waals surface area contributed by atoms with Gasteiger partial charge in [-0.15, -0.1) is 0 Å². The fourth-order valence-electron chi connectivity index (χ4n) is 4.00. The number of hydrogen-bond donors (Lipinski definition) is 1. The lowest BCUT2D eigenvalue weighted by atomic mass is 9.97. The molecule has 0 aromatic heterocycles. The molecule has 0 radical (unpaired) electrons. The Labute approximate surface area is 114 Å². The Morgan fingerprint density at radius 3 is 3.05 bits per heavy atom. The maximum atomic E-state index is 5.78. The lowest BCUT2D eigenvalue weighted by Crippen LogP contribution is -2.46. The summed E-state index contributed by atoms with van der Waals surface area (Å²) in [5.74, 6) is 1.07. The minimum atomic E-state index is 0.392. The van der Waals surface area contributed by atoms with Crippen molar-refractivity contribution in [3.8, 4) is 5.75 Å². The lowest BCUT2D eigenvalue weighted by Gasteiger charge is -2.33. The van der Waals surface area contributed by atoms with Gasteiger partial charge in [-0.1, -0.05) is 24.6 Å². The van der Waals surface area contributed by atoms with E-state index in [1.165, 1.54) is 44.3 Å². The van der Waals surface area contributed by atoms with Crippen molar-refractivity contribution in [1.29, 1.82) is 0 Å². The molecule has 1 N–H and O–H groups in total. The molecule has 3 atom stereocenters. The highest BCUT2D eigenvalue weighted by atomic mass is 16.5. The van der Waals surface area contributed by atoms with Gasteiger partial charge in [-0.2, -0.15) is 0 Å². The minimum absolute atomic E-state index is 0.392. The first-order valence-corrected chi connectivity index (χ1v) is 7.63. The van der Waals surface area contributed by atoms with E-state index in [1.807, 2.05) is 0 Å². The van der Waals surface area contributed by atoms with Gasteiger partial charge in [0.2, 0.25) is 0 Å². The van der Waals surface area contributed by atoms with E-state index in [9.17, 15) is 0 Å². The summed E-state index contributed by atoms with van der Waals surface area (Å²) in [6.45, 7) is 3.38. The van der Waals surface area contributed by atoms with Crippen LogP contribution in [0.4, 0.5) is 0 Å². The molecule has 2 saturated heterocycles. The summed E-state index contributed by atoms with van der Waals surface area (Å²) in [5, 5.41) is 3.87. The molecule has 1 aromatic carbocycles. The largest absolute Gasteiger partial charge is 0.491 e. The molecular weight excluding hydrogens is 236 g/mol. The summed E-state index contributed by atoms with van der Waals surface area (Å²) >= 11 is 0. The van der Waals surface area contributed by atoms with Crippen LogP contribution < -0.4 is 10.1 Å². The smallest absolute Gasteiger partial charge is 0.124 e. The van der Waals surface area contributed by atoms with Crippen LogP contribution in [-0.4, -0.2) is 36.7 Å². The van der Waals surface area contributed by atoms with E-state index in [0.717, 1.165) is 18.4 Å². The molecule has 102 valence electrons. The number of para-hydroxylation sites is 1. The zero-order valence-electron chi connectivity index (χ0n) is 11.3. The monoisotopic (exact) mass is 258 g/mol. The van der Waals surface area contributed by atoms with Crippen LogP contribution in [-0.2, 0) is 0 Å². The van der Waals surface area contributed by atoms with Crippen LogP contribution in [0.2, 0.25) is 0 Å². The normalized spacial score (nSPS) is 33.8. The van der Waals surface area contributed by atoms with Crippen molar-refractivity contribution in [3.63, 3.8) is 0 Å². The van der Waals surface area contributed by atoms with Gasteiger partial charge in [0.15, 0.2) is 0 Å². The molecule has 4 rings (SSSR count). The molecule has 0 spiro atoms. The van der Waals surface area contributed by atoms with E-state index in [1.54, 1.807) is 0 Å². The van der Waals surface area contributed by atoms with Gasteiger partial charge in [0, 0.05) is 24.2 Å². The molecule has 0 aliphatic carbocycles. The van der Waals surface area contributed by atoms with Crippen LogP contribution in [0.1, 0.15) is 37.3 Å². The van der Waals surface area contributed by atoms with E-state index in [4.69, 9.17) is 4.74 Å². The molecule has 19 heavy (non-hydrogen) atoms. The molecule has 2 fully saturated rings. The molecule has 3 aliphatic heterocycles. The van der Waals surface area contributed by atoms with Gasteiger partial charge in [-0.05, 0) is 31.9 Å². The van der Waals surface area contributed by atoms with Crippen molar-refractivity contribution in [2.75, 3.05) is 19.7 Å². The highest BCUT2D eigenvalue weighted by molar-refractivity contribution is 5.39. The van der Waals surface area contributed by atoms with Gasteiger partial charge in [0.1, 0.15) is 12.4 Å². The second-order valence-corrected chi connectivity index (χ2v) is 6.06. The fourth-order valence-corrected chi connectivity index (χ4v) is 4.00. The molecule has 3 heterocycles. The quantitative estimate of drug-likeness (QED) is 0.881. The van der Waals surface area contributed by atoms with Crippen LogP contribution in [0.5, 0.6) is 5.75 Å². The molecule has 3 nitrogen and oxygen atoms in total. The van der Waals surface area contributed by atoms with Gasteiger partial charge >= 0.3 is 0 Å². The first-order valence-electron chi connectivity index (χ1n) is 7.63. The van der Waals surface area contributed by atoms with Crippen molar-refractivity contribution in [3.05, 3.63) is 29.8 Å². The highest BCUT2D eigenvalue weighted by Gasteiger charge is 2.37. The van der Waals surface area contributed by atoms with E-state index >= 15 is 0 Å². The van der Waals surface area contributed by atoms with E-state index < -0.39 is 0 Å². The third-order valence-electron chi connectivity index (χ3n) is 4.97. The molecular formula is C16H22N2O. The van der Waals surface area contributed by atoms with E-state index in [2.05, 4.69) is 34.5 Å². The average molecular weight is 258 g/mol. The van der Waals surface area contributed by atoms with Gasteiger partial charge in [0.25, 0.3) is 0 Å². The second-order valence-electron chi connectivity index (χ2n) is 6.06. The summed E-state index contributed by atoms with van der Waals surface area (Å²) < 4.78 is 5.78. The third kappa shape index (κ3) is 2.05. The second kappa shape index (κ2) is 4.80. The zero-order valence-corrected chi connectivity index (χ0v) is 11.3. The summed E-state index contributed by atoms with van der Waals surface area (Å²) in [5.41, 5.74) is 1.34. The van der Waals surface area contributed by atoms with Crippen LogP contribution >= 0.6 is 0 Å². The van der Waals surface area contributed by atoms with Crippen LogP contribution in [0, 0.1) is 0 Å². The van der Waals surface area contributed by atoms with Gasteiger partial charge < -0.3 is 10.1 Å². The van der Waals surface area contributed by atoms with Crippen molar-refractivity contribution in [2.45, 2.75) is 43.8 Å². The first kappa shape index (κ1) is 11.7. The van der Waals surface area contributed by atoms with Gasteiger partial charge in [-0.3, -0.25) is 4.90 Å². The molecule has 1 aromatic rings. The number of piperidine rings is 1. The Kier molecular flexibility index (Phi) is 2.97. The Hall–Kier alpha value is -1.06. The summed E-state index contributed by atoms with van der Waals surface area (Å²) in [6.07, 6.45) is 5.45. The molecule has 3 heteroatoms. The number of hydrogen-bond acceptors (Lipinski definition) is 3. The van der Waals surface area contributed by atoms with Crippen LogP contribution in [0.25, 0.3) is 0 Å². The molecule has 0 saturated carbocycles. The number of rotatable bonds is 2. The highest BCUT2D eigenvalue weighted by Crippen LogP contribution is 2.34. The maximum absolute atomic E-state index is 5.78. The SMILES string of the molecule is c1ccc2c(c1)OCC2NC1CCN2CCCCC12. The predicted molar refractivity (Wildman–Crippen MR) is 75.4 cm³/mol. The standard InChI is InChI=1S/C16H22N2O/c1-2-7-16-12(5-1)14(11-19-16)17-13-8-10-18-9-4-3-6-15(13)18/h1-2,5,7,13-15,17H,3-4,6,8-11H2. The van der Waals surface area contributed by atoms with Crippen molar-refractivity contribution in [2.24, 2.45) is 0 Å². The van der Waals surface area contributed by atoms with E-state index in [-0.39, 0.29) is 0 Å². The number of nitrogens with one attached hydrogen (secondary N) is 1. The van der Waals surface area contributed by atoms with Crippen LogP contribution in [0.3, 0.4) is 0 Å². The Morgan fingerprint density at radius 2 is 2.05 bits per heavy atom. The Bertz CT molecular complexity index is 462. The molecule has 3 aliphatic rings. The number of ether oxygens (including phenoxy) is 1. The average Bonchev–Trinajstić information content (AvgIpc) is 3.05. The number of fused-ring (bicyclic) bond motifs is 2. The summed E-state index contributed by atoms with van der Waals surface area (Å²) in [7, 11) is 0. The van der Waals surface area contributed by atoms with Crippen molar-refractivity contribution in [1.82, 2.24) is 10.2 Å². The minimum Gasteiger partial charge on any atom is -0.491 e. The Balaban J connectivity index is 1.48. The fraction of sp³-hybridized carbons (Fsp3) is 0.625. The molecule has 0 bridgehead atoms. The lowest BCUT2D eigenvalue weighted by molar-refractivity contribution is 0.173. The Morgan fingerprint density at radius 1 is 1.11 bits per heavy atom. The topological polar surface area (TPSA) is 24.5 Å². The van der Waals surface area contributed by atoms with E-state index in [0.29, 0.717) is 12.1 Å². The third-order valence-corrected chi connectivity index (χ3v) is 4.97. The predicted octanol–water partition coefficient (Wildman–Crippen LogP) is 2.34. The molecule has 3 unspecified atom stereocenters. The van der Waals surface area contributed by atoms with Gasteiger partial charge in [-0.25, -0.2) is 0 Å². The zero-order chi connectivity index (χ0) is 12.7. The number of nitrogens with zero attached hydrogens (tertiary/aromatic N) is 1. The summed E-state index contributed by atoms with van der Waals surface area (Å²) in [4.78, 5) is 2.68. The van der Waals surface area contributed by atoms with Crippen LogP contribution in [0.15, 0.2) is 24.3 Å². The van der Waals surface area contributed by atoms with Gasteiger partial charge in [0.05, 0.1) is 6.04 Å². The first-order chi connectivity index (χ1) is 9.42. The van der Waals surface area contributed by atoms with Crippen molar-refractivity contribution < 1.29 is 4.74 Å². The summed E-state index contributed by atoms with van der Waals surface area (Å²) in [6, 6.07) is 10.3. The molecule has 0 amide bonds. The van der Waals surface area contributed by atoms with Crippen molar-refractivity contribution >= 4 is 0 Å².